The van der Waals surface area contributed by atoms with E-state index >= 15 is 0 Å². The maximum Gasteiger partial charge on any atom is 0.410 e. The molecular formula is C17H28N2O3S. The Bertz CT molecular complexity index is 477. The average Bonchev–Trinajstić information content (AvgIpc) is 3.00. The lowest BCUT2D eigenvalue weighted by atomic mass is 9.97. The van der Waals surface area contributed by atoms with Crippen LogP contribution in [0.2, 0.25) is 0 Å². The van der Waals surface area contributed by atoms with Crippen LogP contribution in [0.1, 0.15) is 45.3 Å². The van der Waals surface area contributed by atoms with Gasteiger partial charge in [-0.25, -0.2) is 4.79 Å². The number of nitrogens with zero attached hydrogens (tertiary/aromatic N) is 1. The van der Waals surface area contributed by atoms with Crippen molar-refractivity contribution in [2.45, 2.75) is 45.3 Å². The van der Waals surface area contributed by atoms with Crippen LogP contribution in [-0.2, 0) is 4.74 Å². The summed E-state index contributed by atoms with van der Waals surface area (Å²) < 4.78 is 5.41. The quantitative estimate of drug-likeness (QED) is 0.865. The summed E-state index contributed by atoms with van der Waals surface area (Å²) in [6.07, 6.45) is 1.29. The number of nitrogens with one attached hydrogen (secondary N) is 1. The number of hydrogen-bond donors (Lipinski definition) is 2. The molecule has 0 saturated carbocycles. The van der Waals surface area contributed by atoms with Gasteiger partial charge in [0.15, 0.2) is 0 Å². The third-order valence-electron chi connectivity index (χ3n) is 3.96. The summed E-state index contributed by atoms with van der Waals surface area (Å²) >= 11 is 1.60. The lowest BCUT2D eigenvalue weighted by molar-refractivity contribution is 0.0183. The van der Waals surface area contributed by atoms with Gasteiger partial charge in [0, 0.05) is 19.6 Å². The molecule has 0 aliphatic carbocycles. The maximum atomic E-state index is 12.0. The lowest BCUT2D eigenvalue weighted by Crippen LogP contribution is -2.43. The topological polar surface area (TPSA) is 61.8 Å². The van der Waals surface area contributed by atoms with Crippen LogP contribution in [0, 0.1) is 5.92 Å². The number of aliphatic hydroxyl groups excluding tert-OH is 1. The molecule has 1 aromatic heterocycles. The minimum absolute atomic E-state index is 0.211. The first-order valence-electron chi connectivity index (χ1n) is 8.24. The number of piperidine rings is 1. The van der Waals surface area contributed by atoms with Gasteiger partial charge < -0.3 is 20.1 Å². The monoisotopic (exact) mass is 340 g/mol. The predicted molar refractivity (Wildman–Crippen MR) is 92.7 cm³/mol. The fraction of sp³-hybridized carbons (Fsp3) is 0.706. The molecule has 2 rings (SSSR count). The number of hydrogen-bond acceptors (Lipinski definition) is 5. The van der Waals surface area contributed by atoms with Crippen LogP contribution in [0.3, 0.4) is 0 Å². The Kier molecular flexibility index (Phi) is 6.44. The fourth-order valence-corrected chi connectivity index (χ4v) is 3.36. The molecule has 6 heteroatoms. The summed E-state index contributed by atoms with van der Waals surface area (Å²) in [4.78, 5) is 13.8. The van der Waals surface area contributed by atoms with E-state index in [0.717, 1.165) is 38.0 Å². The third-order valence-corrected chi connectivity index (χ3v) is 4.67. The summed E-state index contributed by atoms with van der Waals surface area (Å²) in [6, 6.07) is 1.95. The van der Waals surface area contributed by atoms with Gasteiger partial charge in [-0.05, 0) is 68.5 Å². The van der Waals surface area contributed by atoms with Gasteiger partial charge in [0.1, 0.15) is 5.60 Å². The molecule has 130 valence electrons. The highest BCUT2D eigenvalue weighted by atomic mass is 32.1. The molecule has 2 heterocycles. The highest BCUT2D eigenvalue weighted by molar-refractivity contribution is 7.07. The zero-order valence-electron chi connectivity index (χ0n) is 14.2. The summed E-state index contributed by atoms with van der Waals surface area (Å²) in [5, 5.41) is 17.3. The number of thiophene rings is 1. The van der Waals surface area contributed by atoms with Gasteiger partial charge >= 0.3 is 6.09 Å². The SMILES string of the molecule is CC(C)(C)OC(=O)N1CCC(CNCC(O)c2ccsc2)CC1. The molecule has 1 aromatic rings. The van der Waals surface area contributed by atoms with Crippen molar-refractivity contribution in [2.24, 2.45) is 5.92 Å². The Morgan fingerprint density at radius 3 is 2.74 bits per heavy atom. The van der Waals surface area contributed by atoms with E-state index in [1.807, 2.05) is 37.6 Å². The minimum atomic E-state index is -0.442. The largest absolute Gasteiger partial charge is 0.444 e. The Labute approximate surface area is 142 Å². The minimum Gasteiger partial charge on any atom is -0.444 e. The van der Waals surface area contributed by atoms with Crippen LogP contribution in [-0.4, -0.2) is 47.9 Å². The first-order valence-corrected chi connectivity index (χ1v) is 9.18. The Hall–Kier alpha value is -1.11. The zero-order chi connectivity index (χ0) is 16.9. The molecular weight excluding hydrogens is 312 g/mol. The van der Waals surface area contributed by atoms with E-state index in [4.69, 9.17) is 4.74 Å². The van der Waals surface area contributed by atoms with E-state index in [9.17, 15) is 9.90 Å². The number of ether oxygens (including phenoxy) is 1. The van der Waals surface area contributed by atoms with Crippen LogP contribution in [0.25, 0.3) is 0 Å². The first-order chi connectivity index (χ1) is 10.8. The number of rotatable bonds is 5. The first kappa shape index (κ1) is 18.2. The summed E-state index contributed by atoms with van der Waals surface area (Å²) in [5.41, 5.74) is 0.537. The maximum absolute atomic E-state index is 12.0. The van der Waals surface area contributed by atoms with E-state index in [2.05, 4.69) is 5.32 Å². The number of aliphatic hydroxyl groups is 1. The van der Waals surface area contributed by atoms with E-state index in [-0.39, 0.29) is 6.09 Å². The molecule has 2 N–H and O–H groups in total. The van der Waals surface area contributed by atoms with Crippen LogP contribution >= 0.6 is 11.3 Å². The summed E-state index contributed by atoms with van der Waals surface area (Å²) in [5.74, 6) is 0.545. The van der Waals surface area contributed by atoms with Crippen molar-refractivity contribution >= 4 is 17.4 Å². The average molecular weight is 340 g/mol. The van der Waals surface area contributed by atoms with E-state index in [1.165, 1.54) is 0 Å². The van der Waals surface area contributed by atoms with E-state index in [0.29, 0.717) is 12.5 Å². The van der Waals surface area contributed by atoms with Gasteiger partial charge in [-0.2, -0.15) is 11.3 Å². The smallest absolute Gasteiger partial charge is 0.410 e. The highest BCUT2D eigenvalue weighted by Gasteiger charge is 2.26. The summed E-state index contributed by atoms with van der Waals surface area (Å²) in [6.45, 7) is 8.61. The van der Waals surface area contributed by atoms with Crippen molar-refractivity contribution in [2.75, 3.05) is 26.2 Å². The van der Waals surface area contributed by atoms with Crippen molar-refractivity contribution in [3.05, 3.63) is 22.4 Å². The highest BCUT2D eigenvalue weighted by Crippen LogP contribution is 2.20. The van der Waals surface area contributed by atoms with Crippen molar-refractivity contribution in [3.63, 3.8) is 0 Å². The molecule has 1 amide bonds. The standard InChI is InChI=1S/C17H28N2O3S/c1-17(2,3)22-16(21)19-7-4-13(5-8-19)10-18-11-15(20)14-6-9-23-12-14/h6,9,12-13,15,18,20H,4-5,7-8,10-11H2,1-3H3. The third kappa shape index (κ3) is 6.12. The zero-order valence-corrected chi connectivity index (χ0v) is 15.1. The van der Waals surface area contributed by atoms with Crippen molar-refractivity contribution in [3.8, 4) is 0 Å². The second-order valence-corrected chi connectivity index (χ2v) is 7.92. The van der Waals surface area contributed by atoms with E-state index < -0.39 is 11.7 Å². The molecule has 0 bridgehead atoms. The van der Waals surface area contributed by atoms with Gasteiger partial charge in [-0.3, -0.25) is 0 Å². The molecule has 1 atom stereocenters. The van der Waals surface area contributed by atoms with Crippen molar-refractivity contribution in [1.82, 2.24) is 10.2 Å². The second kappa shape index (κ2) is 8.13. The van der Waals surface area contributed by atoms with Crippen LogP contribution < -0.4 is 5.32 Å². The van der Waals surface area contributed by atoms with Gasteiger partial charge in [-0.15, -0.1) is 0 Å². The summed E-state index contributed by atoms with van der Waals surface area (Å²) in [7, 11) is 0. The van der Waals surface area contributed by atoms with Crippen molar-refractivity contribution in [1.29, 1.82) is 0 Å². The molecule has 1 unspecified atom stereocenters. The predicted octanol–water partition coefficient (Wildman–Crippen LogP) is 3.02. The molecule has 1 fully saturated rings. The van der Waals surface area contributed by atoms with Gasteiger partial charge in [-0.1, -0.05) is 0 Å². The normalized spacial score (nSPS) is 18.0. The Morgan fingerprint density at radius 1 is 1.48 bits per heavy atom. The number of amides is 1. The van der Waals surface area contributed by atoms with Crippen LogP contribution in [0.4, 0.5) is 4.79 Å². The van der Waals surface area contributed by atoms with Crippen LogP contribution in [0.15, 0.2) is 16.8 Å². The Morgan fingerprint density at radius 2 is 2.17 bits per heavy atom. The van der Waals surface area contributed by atoms with E-state index in [1.54, 1.807) is 16.2 Å². The molecule has 1 aliphatic rings. The number of carbonyl (C=O) groups excluding carboxylic acids is 1. The Balaban J connectivity index is 1.64. The number of likely N-dealkylation sites (tertiary alicyclic amines) is 1. The van der Waals surface area contributed by atoms with Crippen molar-refractivity contribution < 1.29 is 14.6 Å². The molecule has 0 spiro atoms. The second-order valence-electron chi connectivity index (χ2n) is 7.14. The molecule has 0 radical (unpaired) electrons. The van der Waals surface area contributed by atoms with Gasteiger partial charge in [0.2, 0.25) is 0 Å². The van der Waals surface area contributed by atoms with Gasteiger partial charge in [0.05, 0.1) is 6.10 Å². The van der Waals surface area contributed by atoms with Gasteiger partial charge in [0.25, 0.3) is 0 Å². The molecule has 1 aliphatic heterocycles. The number of carbonyl (C=O) groups is 1. The molecule has 0 aromatic carbocycles. The van der Waals surface area contributed by atoms with Crippen LogP contribution in [0.5, 0.6) is 0 Å². The lowest BCUT2D eigenvalue weighted by Gasteiger charge is -2.33. The molecule has 23 heavy (non-hydrogen) atoms. The fourth-order valence-electron chi connectivity index (χ4n) is 2.65. The molecule has 1 saturated heterocycles. The molecule has 5 nitrogen and oxygen atoms in total.